The van der Waals surface area contributed by atoms with Gasteiger partial charge in [-0.3, -0.25) is 4.98 Å². The number of hydrogen-bond acceptors (Lipinski definition) is 1. The topological polar surface area (TPSA) is 12.9 Å². The Morgan fingerprint density at radius 1 is 1.07 bits per heavy atom. The first-order chi connectivity index (χ1) is 7.27. The molecule has 1 aromatic heterocycles. The first-order valence-corrected chi connectivity index (χ1v) is 6.08. The molecule has 0 fully saturated rings. The second kappa shape index (κ2) is 4.94. The average molecular weight is 330 g/mol. The van der Waals surface area contributed by atoms with Crippen molar-refractivity contribution in [1.82, 2.24) is 4.98 Å². The van der Waals surface area contributed by atoms with E-state index in [-0.39, 0.29) is 5.38 Å². The minimum Gasteiger partial charge on any atom is -0.263 e. The molecule has 0 unspecified atom stereocenters. The molecule has 2 rings (SSSR count). The van der Waals surface area contributed by atoms with Crippen molar-refractivity contribution in [3.05, 3.63) is 63.5 Å². The van der Waals surface area contributed by atoms with E-state index < -0.39 is 0 Å². The lowest BCUT2D eigenvalue weighted by molar-refractivity contribution is 1.10. The zero-order chi connectivity index (χ0) is 10.7. The van der Waals surface area contributed by atoms with Crippen LogP contribution in [0.4, 0.5) is 0 Å². The van der Waals surface area contributed by atoms with Crippen LogP contribution in [0.15, 0.2) is 48.8 Å². The van der Waals surface area contributed by atoms with Crippen molar-refractivity contribution in [2.45, 2.75) is 5.38 Å². The first kappa shape index (κ1) is 10.9. The van der Waals surface area contributed by atoms with Crippen molar-refractivity contribution < 1.29 is 0 Å². The van der Waals surface area contributed by atoms with Gasteiger partial charge in [-0.05, 0) is 39.8 Å². The lowest BCUT2D eigenvalue weighted by atomic mass is 10.1. The normalized spacial score (nSPS) is 12.4. The molecule has 3 heteroatoms. The van der Waals surface area contributed by atoms with E-state index in [1.165, 1.54) is 0 Å². The Kier molecular flexibility index (Phi) is 3.59. The lowest BCUT2D eigenvalue weighted by Gasteiger charge is -2.09. The summed E-state index contributed by atoms with van der Waals surface area (Å²) in [6.45, 7) is 0. The number of nitrogens with zero attached hydrogens (tertiary/aromatic N) is 1. The molecule has 0 saturated carbocycles. The van der Waals surface area contributed by atoms with Gasteiger partial charge in [0.15, 0.2) is 0 Å². The monoisotopic (exact) mass is 329 g/mol. The van der Waals surface area contributed by atoms with E-state index in [2.05, 4.69) is 33.6 Å². The number of alkyl halides is 1. The van der Waals surface area contributed by atoms with Crippen LogP contribution in [-0.2, 0) is 0 Å². The highest BCUT2D eigenvalue weighted by Gasteiger charge is 2.10. The molecule has 1 atom stereocenters. The Balaban J connectivity index is 2.32. The molecule has 0 radical (unpaired) electrons. The Morgan fingerprint density at radius 2 is 1.80 bits per heavy atom. The van der Waals surface area contributed by atoms with Crippen molar-refractivity contribution in [3.8, 4) is 0 Å². The molecule has 0 bridgehead atoms. The molecule has 1 nitrogen and oxygen atoms in total. The van der Waals surface area contributed by atoms with Gasteiger partial charge in [0.25, 0.3) is 0 Å². The van der Waals surface area contributed by atoms with Gasteiger partial charge < -0.3 is 0 Å². The van der Waals surface area contributed by atoms with Crippen LogP contribution in [0.3, 0.4) is 0 Å². The molecule has 0 amide bonds. The fraction of sp³-hybridized carbons (Fsp3) is 0.0833. The van der Waals surface area contributed by atoms with Gasteiger partial charge in [0.1, 0.15) is 0 Å². The molecule has 1 heterocycles. The van der Waals surface area contributed by atoms with Gasteiger partial charge in [-0.15, -0.1) is 11.6 Å². The summed E-state index contributed by atoms with van der Waals surface area (Å²) in [4.78, 5) is 4.14. The lowest BCUT2D eigenvalue weighted by Crippen LogP contribution is -1.94. The van der Waals surface area contributed by atoms with Crippen LogP contribution in [-0.4, -0.2) is 4.98 Å². The van der Waals surface area contributed by atoms with E-state index in [1.54, 1.807) is 0 Å². The SMILES string of the molecule is Cl[C@H](c1ccccc1)c1cncc(I)c1. The predicted molar refractivity (Wildman–Crippen MR) is 71.1 cm³/mol. The van der Waals surface area contributed by atoms with E-state index >= 15 is 0 Å². The molecule has 76 valence electrons. The zero-order valence-electron chi connectivity index (χ0n) is 7.90. The summed E-state index contributed by atoms with van der Waals surface area (Å²) in [5.41, 5.74) is 2.14. The van der Waals surface area contributed by atoms with Crippen molar-refractivity contribution in [1.29, 1.82) is 0 Å². The molecule has 2 aromatic rings. The summed E-state index contributed by atoms with van der Waals surface area (Å²) in [6.07, 6.45) is 3.63. The molecule has 0 aliphatic carbocycles. The number of hydrogen-bond donors (Lipinski definition) is 0. The van der Waals surface area contributed by atoms with Gasteiger partial charge in [-0.2, -0.15) is 0 Å². The number of pyridine rings is 1. The maximum absolute atomic E-state index is 6.36. The van der Waals surface area contributed by atoms with Crippen LogP contribution in [0.1, 0.15) is 16.5 Å². The van der Waals surface area contributed by atoms with E-state index in [0.29, 0.717) is 0 Å². The van der Waals surface area contributed by atoms with Crippen LogP contribution in [0, 0.1) is 3.57 Å². The Hall–Kier alpha value is -0.610. The summed E-state index contributed by atoms with van der Waals surface area (Å²) in [5.74, 6) is 0. The number of benzene rings is 1. The van der Waals surface area contributed by atoms with Crippen LogP contribution >= 0.6 is 34.2 Å². The molecular weight excluding hydrogens is 320 g/mol. The molecule has 0 spiro atoms. The quantitative estimate of drug-likeness (QED) is 0.599. The molecule has 1 aromatic carbocycles. The molecule has 0 saturated heterocycles. The van der Waals surface area contributed by atoms with Crippen LogP contribution < -0.4 is 0 Å². The van der Waals surface area contributed by atoms with Gasteiger partial charge >= 0.3 is 0 Å². The summed E-state index contributed by atoms with van der Waals surface area (Å²) in [5, 5.41) is -0.117. The molecular formula is C12H9ClIN. The highest BCUT2D eigenvalue weighted by molar-refractivity contribution is 14.1. The van der Waals surface area contributed by atoms with Crippen molar-refractivity contribution in [2.75, 3.05) is 0 Å². The van der Waals surface area contributed by atoms with E-state index in [1.807, 2.05) is 42.7 Å². The third-order valence-corrected chi connectivity index (χ3v) is 3.20. The number of aromatic nitrogens is 1. The van der Waals surface area contributed by atoms with Crippen LogP contribution in [0.5, 0.6) is 0 Å². The van der Waals surface area contributed by atoms with E-state index in [4.69, 9.17) is 11.6 Å². The number of rotatable bonds is 2. The smallest absolute Gasteiger partial charge is 0.0850 e. The van der Waals surface area contributed by atoms with Gasteiger partial charge in [0.2, 0.25) is 0 Å². The van der Waals surface area contributed by atoms with E-state index in [9.17, 15) is 0 Å². The third-order valence-electron chi connectivity index (χ3n) is 2.11. The third kappa shape index (κ3) is 2.69. The van der Waals surface area contributed by atoms with Crippen molar-refractivity contribution in [2.24, 2.45) is 0 Å². The van der Waals surface area contributed by atoms with E-state index in [0.717, 1.165) is 14.7 Å². The minimum atomic E-state index is -0.117. The average Bonchev–Trinajstić information content (AvgIpc) is 2.29. The van der Waals surface area contributed by atoms with Crippen LogP contribution in [0.2, 0.25) is 0 Å². The summed E-state index contributed by atoms with van der Waals surface area (Å²) >= 11 is 8.60. The molecule has 0 N–H and O–H groups in total. The molecule has 0 aliphatic heterocycles. The Bertz CT molecular complexity index is 444. The Labute approximate surface area is 108 Å². The van der Waals surface area contributed by atoms with Gasteiger partial charge in [-0.25, -0.2) is 0 Å². The minimum absolute atomic E-state index is 0.117. The highest BCUT2D eigenvalue weighted by Crippen LogP contribution is 2.28. The van der Waals surface area contributed by atoms with Gasteiger partial charge in [-0.1, -0.05) is 30.3 Å². The fourth-order valence-corrected chi connectivity index (χ4v) is 2.17. The van der Waals surface area contributed by atoms with Crippen molar-refractivity contribution in [3.63, 3.8) is 0 Å². The van der Waals surface area contributed by atoms with Crippen LogP contribution in [0.25, 0.3) is 0 Å². The maximum atomic E-state index is 6.36. The standard InChI is InChI=1S/C12H9ClIN/c13-12(9-4-2-1-3-5-9)10-6-11(14)8-15-7-10/h1-8,12H/t12-/m1/s1. The first-order valence-electron chi connectivity index (χ1n) is 4.57. The second-order valence-electron chi connectivity index (χ2n) is 3.21. The zero-order valence-corrected chi connectivity index (χ0v) is 10.8. The number of halogens is 2. The summed E-state index contributed by atoms with van der Waals surface area (Å²) in [6, 6.07) is 12.1. The molecule has 15 heavy (non-hydrogen) atoms. The summed E-state index contributed by atoms with van der Waals surface area (Å²) in [7, 11) is 0. The fourth-order valence-electron chi connectivity index (χ4n) is 1.38. The van der Waals surface area contributed by atoms with Gasteiger partial charge in [0, 0.05) is 16.0 Å². The molecule has 0 aliphatic rings. The summed E-state index contributed by atoms with van der Waals surface area (Å²) < 4.78 is 1.10. The van der Waals surface area contributed by atoms with Crippen molar-refractivity contribution >= 4 is 34.2 Å². The van der Waals surface area contributed by atoms with Gasteiger partial charge in [0.05, 0.1) is 5.38 Å². The second-order valence-corrected chi connectivity index (χ2v) is 4.89. The predicted octanol–water partition coefficient (Wildman–Crippen LogP) is 4.01. The highest BCUT2D eigenvalue weighted by atomic mass is 127. The maximum Gasteiger partial charge on any atom is 0.0850 e. The largest absolute Gasteiger partial charge is 0.263 e. The Morgan fingerprint density at radius 3 is 2.47 bits per heavy atom.